The molecule has 2 aliphatic rings. The zero-order valence-electron chi connectivity index (χ0n) is 12.3. The maximum atomic E-state index is 10.2. The van der Waals surface area contributed by atoms with Gasteiger partial charge in [0.15, 0.2) is 0 Å². The molecule has 2 fully saturated rings. The van der Waals surface area contributed by atoms with Gasteiger partial charge in [-0.1, -0.05) is 0 Å². The molecule has 2 heterocycles. The number of hydrogen-bond donors (Lipinski definition) is 1. The van der Waals surface area contributed by atoms with E-state index in [1.165, 1.54) is 0 Å². The highest BCUT2D eigenvalue weighted by Gasteiger charge is 2.56. The van der Waals surface area contributed by atoms with E-state index < -0.39 is 0 Å². The molecule has 1 spiro atoms. The first kappa shape index (κ1) is 14.3. The molecule has 1 saturated heterocycles. The number of rotatable bonds is 3. The van der Waals surface area contributed by atoms with Gasteiger partial charge in [0.25, 0.3) is 0 Å². The van der Waals surface area contributed by atoms with Crippen LogP contribution in [0.25, 0.3) is 0 Å². The van der Waals surface area contributed by atoms with Gasteiger partial charge in [0, 0.05) is 37.7 Å². The summed E-state index contributed by atoms with van der Waals surface area (Å²) in [6.45, 7) is 4.47. The van der Waals surface area contributed by atoms with Gasteiger partial charge in [-0.05, 0) is 31.9 Å². The predicted octanol–water partition coefficient (Wildman–Crippen LogP) is 1.71. The van der Waals surface area contributed by atoms with Crippen LogP contribution < -0.4 is 4.90 Å². The van der Waals surface area contributed by atoms with Gasteiger partial charge in [0.2, 0.25) is 0 Å². The summed E-state index contributed by atoms with van der Waals surface area (Å²) in [4.78, 5) is 6.57. The molecule has 3 rings (SSSR count). The van der Waals surface area contributed by atoms with Gasteiger partial charge in [-0.2, -0.15) is 5.26 Å². The molecule has 112 valence electrons. The van der Waals surface area contributed by atoms with Gasteiger partial charge in [0.1, 0.15) is 11.9 Å². The molecule has 1 aliphatic heterocycles. The largest absolute Gasteiger partial charge is 0.392 e. The number of nitrogens with zero attached hydrogens (tertiary/aromatic N) is 3. The molecule has 1 aromatic rings. The van der Waals surface area contributed by atoms with Gasteiger partial charge < -0.3 is 14.7 Å². The Balaban J connectivity index is 1.65. The smallest absolute Gasteiger partial charge is 0.128 e. The van der Waals surface area contributed by atoms with Crippen LogP contribution in [0.5, 0.6) is 0 Å². The van der Waals surface area contributed by atoms with Gasteiger partial charge in [-0.3, -0.25) is 0 Å². The first-order chi connectivity index (χ1) is 10.2. The molecule has 0 unspecified atom stereocenters. The highest BCUT2D eigenvalue weighted by Crippen LogP contribution is 2.51. The number of nitriles is 1. The lowest BCUT2D eigenvalue weighted by Gasteiger charge is -2.56. The number of aliphatic hydroxyl groups is 1. The van der Waals surface area contributed by atoms with Crippen LogP contribution in [0, 0.1) is 16.7 Å². The monoisotopic (exact) mass is 287 g/mol. The molecule has 21 heavy (non-hydrogen) atoms. The van der Waals surface area contributed by atoms with Crippen molar-refractivity contribution >= 4 is 5.82 Å². The van der Waals surface area contributed by atoms with E-state index in [1.54, 1.807) is 12.3 Å². The van der Waals surface area contributed by atoms with Crippen LogP contribution >= 0.6 is 0 Å². The van der Waals surface area contributed by atoms with Crippen LogP contribution in [0.1, 0.15) is 31.7 Å². The van der Waals surface area contributed by atoms with Crippen molar-refractivity contribution in [3.8, 4) is 6.07 Å². The molecule has 0 radical (unpaired) electrons. The highest BCUT2D eigenvalue weighted by atomic mass is 16.5. The van der Waals surface area contributed by atoms with Gasteiger partial charge in [-0.15, -0.1) is 0 Å². The maximum absolute atomic E-state index is 10.2. The van der Waals surface area contributed by atoms with Gasteiger partial charge in [-0.25, -0.2) is 4.98 Å². The van der Waals surface area contributed by atoms with Crippen LogP contribution in [-0.2, 0) is 4.74 Å². The van der Waals surface area contributed by atoms with E-state index in [9.17, 15) is 5.11 Å². The van der Waals surface area contributed by atoms with Gasteiger partial charge in [0.05, 0.1) is 17.8 Å². The molecular weight excluding hydrogens is 266 g/mol. The van der Waals surface area contributed by atoms with Crippen LogP contribution in [0.4, 0.5) is 5.82 Å². The molecule has 0 bridgehead atoms. The van der Waals surface area contributed by atoms with Crippen molar-refractivity contribution in [1.82, 2.24) is 4.98 Å². The number of aromatic nitrogens is 1. The Kier molecular flexibility index (Phi) is 3.83. The lowest BCUT2D eigenvalue weighted by Crippen LogP contribution is -2.62. The van der Waals surface area contributed by atoms with Crippen molar-refractivity contribution in [3.63, 3.8) is 0 Å². The number of ether oxygens (including phenoxy) is 1. The van der Waals surface area contributed by atoms with Crippen molar-refractivity contribution < 1.29 is 9.84 Å². The quantitative estimate of drug-likeness (QED) is 0.916. The summed E-state index contributed by atoms with van der Waals surface area (Å²) < 4.78 is 5.78. The number of aliphatic hydroxyl groups excluding tert-OH is 1. The first-order valence-corrected chi connectivity index (χ1v) is 7.60. The Morgan fingerprint density at radius 1 is 1.48 bits per heavy atom. The standard InChI is InChI=1S/C16H21N3O2/c1-2-21-14-9-13(20)16(14)5-7-19(8-6-16)15-4-3-12(10-17)11-18-15/h3-4,11,13-14,20H,2,5-9H2,1H3/t13-,14+/m0/s1. The zero-order chi connectivity index (χ0) is 14.9. The Labute approximate surface area is 125 Å². The summed E-state index contributed by atoms with van der Waals surface area (Å²) in [5, 5.41) is 19.0. The van der Waals surface area contributed by atoms with Crippen molar-refractivity contribution in [2.24, 2.45) is 5.41 Å². The van der Waals surface area contributed by atoms with Crippen LogP contribution in [0.2, 0.25) is 0 Å². The second kappa shape index (κ2) is 5.63. The summed E-state index contributed by atoms with van der Waals surface area (Å²) in [6.07, 6.45) is 4.21. The van der Waals surface area contributed by atoms with E-state index >= 15 is 0 Å². The molecule has 1 aromatic heterocycles. The SMILES string of the molecule is CCO[C@@H]1C[C@H](O)C12CCN(c1ccc(C#N)cn1)CC2. The summed E-state index contributed by atoms with van der Waals surface area (Å²) in [5.41, 5.74) is 0.525. The van der Waals surface area contributed by atoms with E-state index in [-0.39, 0.29) is 17.6 Å². The third-order valence-electron chi connectivity index (χ3n) is 5.01. The normalized spacial score (nSPS) is 27.2. The average Bonchev–Trinajstić information content (AvgIpc) is 2.55. The van der Waals surface area contributed by atoms with E-state index in [1.807, 2.05) is 13.0 Å². The third kappa shape index (κ3) is 2.39. The Morgan fingerprint density at radius 3 is 2.76 bits per heavy atom. The molecule has 1 saturated carbocycles. The van der Waals surface area contributed by atoms with Crippen molar-refractivity contribution in [3.05, 3.63) is 23.9 Å². The van der Waals surface area contributed by atoms with Crippen LogP contribution in [0.15, 0.2) is 18.3 Å². The fourth-order valence-corrected chi connectivity index (χ4v) is 3.61. The van der Waals surface area contributed by atoms with Crippen molar-refractivity contribution in [2.45, 2.75) is 38.4 Å². The van der Waals surface area contributed by atoms with Gasteiger partial charge >= 0.3 is 0 Å². The minimum absolute atomic E-state index is 0.0564. The third-order valence-corrected chi connectivity index (χ3v) is 5.01. The Morgan fingerprint density at radius 2 is 2.24 bits per heavy atom. The maximum Gasteiger partial charge on any atom is 0.128 e. The number of hydrogen-bond acceptors (Lipinski definition) is 5. The molecule has 5 nitrogen and oxygen atoms in total. The lowest BCUT2D eigenvalue weighted by atomic mass is 9.58. The van der Waals surface area contributed by atoms with Crippen molar-refractivity contribution in [1.29, 1.82) is 5.26 Å². The molecule has 0 amide bonds. The summed E-state index contributed by atoms with van der Waals surface area (Å²) >= 11 is 0. The number of pyridine rings is 1. The highest BCUT2D eigenvalue weighted by molar-refractivity contribution is 5.42. The first-order valence-electron chi connectivity index (χ1n) is 7.60. The summed E-state index contributed by atoms with van der Waals surface area (Å²) in [6, 6.07) is 5.78. The molecule has 2 atom stereocenters. The molecule has 1 aliphatic carbocycles. The predicted molar refractivity (Wildman–Crippen MR) is 78.9 cm³/mol. The van der Waals surface area contributed by atoms with Crippen molar-refractivity contribution in [2.75, 3.05) is 24.6 Å². The second-order valence-electron chi connectivity index (χ2n) is 5.93. The average molecular weight is 287 g/mol. The van der Waals surface area contributed by atoms with E-state index in [0.717, 1.165) is 38.2 Å². The van der Waals surface area contributed by atoms with E-state index in [4.69, 9.17) is 10.00 Å². The Bertz CT molecular complexity index is 527. The molecule has 0 aromatic carbocycles. The lowest BCUT2D eigenvalue weighted by molar-refractivity contribution is -0.199. The second-order valence-corrected chi connectivity index (χ2v) is 5.93. The minimum Gasteiger partial charge on any atom is -0.392 e. The fraction of sp³-hybridized carbons (Fsp3) is 0.625. The van der Waals surface area contributed by atoms with E-state index in [0.29, 0.717) is 12.2 Å². The van der Waals surface area contributed by atoms with E-state index in [2.05, 4.69) is 16.0 Å². The van der Waals surface area contributed by atoms with Crippen LogP contribution in [0.3, 0.4) is 0 Å². The number of anilines is 1. The topological polar surface area (TPSA) is 69.4 Å². The summed E-state index contributed by atoms with van der Waals surface area (Å²) in [7, 11) is 0. The fourth-order valence-electron chi connectivity index (χ4n) is 3.61. The minimum atomic E-state index is -0.231. The van der Waals surface area contributed by atoms with Crippen LogP contribution in [-0.4, -0.2) is 42.0 Å². The molecule has 1 N–H and O–H groups in total. The summed E-state index contributed by atoms with van der Waals surface area (Å²) in [5.74, 6) is 0.908. The molecular formula is C16H21N3O2. The number of piperidine rings is 1. The Hall–Kier alpha value is -1.64. The zero-order valence-corrected chi connectivity index (χ0v) is 12.3. The molecule has 5 heteroatoms.